The van der Waals surface area contributed by atoms with Gasteiger partial charge >= 0.3 is 0 Å². The monoisotopic (exact) mass is 458 g/mol. The number of fused-ring (bicyclic) bond motifs is 1. The molecule has 0 unspecified atom stereocenters. The summed E-state index contributed by atoms with van der Waals surface area (Å²) in [5, 5.41) is 5.10. The molecule has 2 aromatic rings. The summed E-state index contributed by atoms with van der Waals surface area (Å²) in [4.78, 5) is 25.9. The highest BCUT2D eigenvalue weighted by molar-refractivity contribution is 9.11. The number of nitrogens with zero attached hydrogens (tertiary/aromatic N) is 1. The lowest BCUT2D eigenvalue weighted by Gasteiger charge is -2.18. The maximum absolute atomic E-state index is 12.5. The lowest BCUT2D eigenvalue weighted by molar-refractivity contribution is 0.0925. The number of hydrogen-bond donors (Lipinski definition) is 1. The van der Waals surface area contributed by atoms with E-state index in [4.69, 9.17) is 5.14 Å². The first kappa shape index (κ1) is 16.3. The molecule has 118 valence electrons. The van der Waals surface area contributed by atoms with Crippen LogP contribution in [-0.4, -0.2) is 20.2 Å². The van der Waals surface area contributed by atoms with E-state index in [1.54, 1.807) is 24.3 Å². The van der Waals surface area contributed by atoms with Gasteiger partial charge in [-0.1, -0.05) is 12.1 Å². The normalized spacial score (nSPS) is 14.3. The average molecular weight is 460 g/mol. The number of benzene rings is 2. The Hall–Kier alpha value is -1.55. The number of imide groups is 1. The Morgan fingerprint density at radius 2 is 1.35 bits per heavy atom. The maximum Gasteiger partial charge on any atom is 0.266 e. The van der Waals surface area contributed by atoms with Crippen molar-refractivity contribution in [3.8, 4) is 0 Å². The molecule has 1 aliphatic rings. The van der Waals surface area contributed by atoms with E-state index in [-0.39, 0.29) is 19.5 Å². The molecule has 0 aromatic heterocycles. The minimum absolute atomic E-state index is 0.142. The predicted molar refractivity (Wildman–Crippen MR) is 90.8 cm³/mol. The van der Waals surface area contributed by atoms with Crippen LogP contribution in [0.1, 0.15) is 20.7 Å². The summed E-state index contributed by atoms with van der Waals surface area (Å²) in [7, 11) is -3.92. The summed E-state index contributed by atoms with van der Waals surface area (Å²) in [6, 6.07) is 8.97. The largest absolute Gasteiger partial charge is 0.268 e. The highest BCUT2D eigenvalue weighted by Crippen LogP contribution is 2.40. The molecule has 6 nitrogen and oxygen atoms in total. The first-order valence-corrected chi connectivity index (χ1v) is 9.34. The maximum atomic E-state index is 12.5. The summed E-state index contributed by atoms with van der Waals surface area (Å²) in [5.74, 6) is -0.953. The van der Waals surface area contributed by atoms with Crippen molar-refractivity contribution >= 4 is 59.4 Å². The molecule has 0 atom stereocenters. The minimum atomic E-state index is -3.92. The molecule has 0 bridgehead atoms. The number of sulfonamides is 1. The molecule has 0 aliphatic carbocycles. The molecule has 1 aliphatic heterocycles. The molecule has 1 heterocycles. The van der Waals surface area contributed by atoms with Gasteiger partial charge < -0.3 is 0 Å². The third-order valence-corrected chi connectivity index (χ3v) is 5.44. The van der Waals surface area contributed by atoms with Crippen molar-refractivity contribution in [2.75, 3.05) is 4.90 Å². The lowest BCUT2D eigenvalue weighted by atomic mass is 10.1. The Morgan fingerprint density at radius 3 is 1.74 bits per heavy atom. The van der Waals surface area contributed by atoms with Gasteiger partial charge in [0.1, 0.15) is 0 Å². The van der Waals surface area contributed by atoms with Gasteiger partial charge in [-0.2, -0.15) is 0 Å². The highest BCUT2D eigenvalue weighted by atomic mass is 79.9. The van der Waals surface area contributed by atoms with Crippen LogP contribution in [0.15, 0.2) is 50.2 Å². The van der Waals surface area contributed by atoms with Crippen LogP contribution in [-0.2, 0) is 10.0 Å². The van der Waals surface area contributed by atoms with E-state index in [1.807, 2.05) is 0 Å². The first-order valence-electron chi connectivity index (χ1n) is 6.21. The van der Waals surface area contributed by atoms with Gasteiger partial charge in [0.15, 0.2) is 0 Å². The van der Waals surface area contributed by atoms with E-state index >= 15 is 0 Å². The van der Waals surface area contributed by atoms with Crippen molar-refractivity contribution in [2.45, 2.75) is 4.90 Å². The molecule has 9 heteroatoms. The van der Waals surface area contributed by atoms with Crippen molar-refractivity contribution < 1.29 is 18.0 Å². The predicted octanol–water partition coefficient (Wildman–Crippen LogP) is 2.66. The molecule has 2 aromatic carbocycles. The lowest BCUT2D eigenvalue weighted by Crippen LogP contribution is -2.30. The molecule has 0 fully saturated rings. The molecule has 23 heavy (non-hydrogen) atoms. The summed E-state index contributed by atoms with van der Waals surface area (Å²) >= 11 is 6.41. The molecular formula is C14H8Br2N2O4S. The fourth-order valence-corrected chi connectivity index (χ4v) is 4.72. The fraction of sp³-hybridized carbons (Fsp3) is 0. The number of carbonyl (C=O) groups excluding carboxylic acids is 2. The van der Waals surface area contributed by atoms with Crippen LogP contribution in [0, 0.1) is 0 Å². The number of rotatable bonds is 2. The Morgan fingerprint density at radius 1 is 0.913 bits per heavy atom. The molecule has 0 saturated heterocycles. The van der Waals surface area contributed by atoms with E-state index in [9.17, 15) is 18.0 Å². The summed E-state index contributed by atoms with van der Waals surface area (Å²) in [5.41, 5.74) is 0.822. The van der Waals surface area contributed by atoms with Gasteiger partial charge in [0.25, 0.3) is 11.8 Å². The Labute approximate surface area is 148 Å². The molecule has 2 amide bonds. The quantitative estimate of drug-likeness (QED) is 0.698. The van der Waals surface area contributed by atoms with E-state index in [0.29, 0.717) is 11.1 Å². The summed E-state index contributed by atoms with van der Waals surface area (Å²) in [6.45, 7) is 0. The van der Waals surface area contributed by atoms with Crippen LogP contribution in [0.4, 0.5) is 5.69 Å². The first-order chi connectivity index (χ1) is 10.7. The van der Waals surface area contributed by atoms with E-state index in [1.165, 1.54) is 12.1 Å². The average Bonchev–Trinajstić information content (AvgIpc) is 2.71. The van der Waals surface area contributed by atoms with Crippen molar-refractivity contribution in [3.05, 3.63) is 56.5 Å². The second kappa shape index (κ2) is 5.52. The van der Waals surface area contributed by atoms with Crippen LogP contribution in [0.2, 0.25) is 0 Å². The summed E-state index contributed by atoms with van der Waals surface area (Å²) in [6.07, 6.45) is 0. The van der Waals surface area contributed by atoms with Crippen LogP contribution < -0.4 is 10.0 Å². The molecule has 2 N–H and O–H groups in total. The number of hydrogen-bond acceptors (Lipinski definition) is 4. The van der Waals surface area contributed by atoms with Gasteiger partial charge in [0, 0.05) is 8.95 Å². The third kappa shape index (κ3) is 2.63. The number of halogens is 2. The van der Waals surface area contributed by atoms with Crippen LogP contribution in [0.5, 0.6) is 0 Å². The fourth-order valence-electron chi connectivity index (χ4n) is 2.31. The van der Waals surface area contributed by atoms with Crippen molar-refractivity contribution in [1.29, 1.82) is 0 Å². The van der Waals surface area contributed by atoms with Gasteiger partial charge in [-0.25, -0.2) is 18.5 Å². The molecule has 3 rings (SSSR count). The van der Waals surface area contributed by atoms with Crippen molar-refractivity contribution in [2.24, 2.45) is 5.14 Å². The zero-order valence-corrected chi connectivity index (χ0v) is 15.3. The molecule has 0 saturated carbocycles. The molecule has 0 spiro atoms. The second-order valence-electron chi connectivity index (χ2n) is 4.77. The van der Waals surface area contributed by atoms with Gasteiger partial charge in [-0.3, -0.25) is 9.59 Å². The van der Waals surface area contributed by atoms with Gasteiger partial charge in [-0.15, -0.1) is 0 Å². The summed E-state index contributed by atoms with van der Waals surface area (Å²) < 4.78 is 23.4. The van der Waals surface area contributed by atoms with Crippen molar-refractivity contribution in [1.82, 2.24) is 0 Å². The van der Waals surface area contributed by atoms with E-state index < -0.39 is 21.8 Å². The number of anilines is 1. The Bertz CT molecular complexity index is 914. The van der Waals surface area contributed by atoms with Gasteiger partial charge in [0.2, 0.25) is 10.0 Å². The van der Waals surface area contributed by atoms with E-state index in [2.05, 4.69) is 31.9 Å². The zero-order chi connectivity index (χ0) is 16.9. The Balaban J connectivity index is 2.18. The molecule has 0 radical (unpaired) electrons. The van der Waals surface area contributed by atoms with Crippen LogP contribution >= 0.6 is 31.9 Å². The molecular weight excluding hydrogens is 452 g/mol. The standard InChI is InChI=1S/C14H8Br2N2O4S/c15-10-5-7(23(17,21)22)6-11(16)12(10)18-13(19)8-3-1-2-4-9(8)14(18)20/h1-6H,(H2,17,21,22). The van der Waals surface area contributed by atoms with Gasteiger partial charge in [0.05, 0.1) is 21.7 Å². The van der Waals surface area contributed by atoms with Crippen molar-refractivity contribution in [3.63, 3.8) is 0 Å². The number of amides is 2. The topological polar surface area (TPSA) is 97.5 Å². The van der Waals surface area contributed by atoms with E-state index in [0.717, 1.165) is 4.90 Å². The SMILES string of the molecule is NS(=O)(=O)c1cc(Br)c(N2C(=O)c3ccccc3C2=O)c(Br)c1. The Kier molecular flexibility index (Phi) is 3.91. The highest BCUT2D eigenvalue weighted by Gasteiger charge is 2.38. The number of nitrogens with two attached hydrogens (primary N) is 1. The van der Waals surface area contributed by atoms with Gasteiger partial charge in [-0.05, 0) is 56.1 Å². The second-order valence-corrected chi connectivity index (χ2v) is 8.04. The minimum Gasteiger partial charge on any atom is -0.268 e. The smallest absolute Gasteiger partial charge is 0.266 e. The zero-order valence-electron chi connectivity index (χ0n) is 11.3. The number of carbonyl (C=O) groups is 2. The van der Waals surface area contributed by atoms with Crippen LogP contribution in [0.3, 0.4) is 0 Å². The third-order valence-electron chi connectivity index (χ3n) is 3.34. The van der Waals surface area contributed by atoms with Crippen LogP contribution in [0.25, 0.3) is 0 Å². The number of primary sulfonamides is 1.